The predicted molar refractivity (Wildman–Crippen MR) is 297 cm³/mol. The zero-order valence-corrected chi connectivity index (χ0v) is 41.4. The third kappa shape index (κ3) is 4.47. The van der Waals surface area contributed by atoms with Gasteiger partial charge in [0, 0.05) is 48.4 Å². The van der Waals surface area contributed by atoms with Crippen molar-refractivity contribution in [3.05, 3.63) is 179 Å². The van der Waals surface area contributed by atoms with E-state index in [9.17, 15) is 0 Å². The number of anilines is 2. The quantitative estimate of drug-likeness (QED) is 0.164. The molecule has 5 atom stereocenters. The molecule has 19 rings (SSSR count). The molecule has 2 heterocycles. The van der Waals surface area contributed by atoms with Crippen LogP contribution in [0.5, 0.6) is 0 Å². The summed E-state index contributed by atoms with van der Waals surface area (Å²) in [6, 6.07) is 57.7. The highest BCUT2D eigenvalue weighted by Gasteiger charge is 2.87. The Morgan fingerprint density at radius 2 is 1.28 bits per heavy atom. The number of rotatable bonds is 6. The van der Waals surface area contributed by atoms with Crippen molar-refractivity contribution in [3.63, 3.8) is 0 Å². The lowest BCUT2D eigenvalue weighted by Gasteiger charge is -2.91. The molecule has 2 spiro atoms. The van der Waals surface area contributed by atoms with Crippen molar-refractivity contribution < 1.29 is 0 Å². The average Bonchev–Trinajstić information content (AvgIpc) is 4.00. The number of hydrogen-bond acceptors (Lipinski definition) is 2. The standard InChI is InChI=1S/C68H56BNS/c1-36-17-57(52-29-54-53-19-39-9-5-6-10-40(39)21-61(53)71-62(54)30-60(52)70-50-15-12-38(13-16-50)37-7-3-2-4-8-37)64-58(18-36)55-20-41-11-14-42(65-31-46-22-44-23-47(32-65)67(44,46)35-65)26-51(41)56-27-43(28-59(69-64)63(55)56)66-33-48-24-45-25-49(34-66)68(45,48)66/h2-19,21,26-30,44-49,55,69-70H,20,22-25,31-35H2,1H3. The smallest absolute Gasteiger partial charge is 0.193 e. The topological polar surface area (TPSA) is 12.0 Å². The third-order valence-electron chi connectivity index (χ3n) is 23.3. The molecular formula is C68H56BNS. The van der Waals surface area contributed by atoms with Gasteiger partial charge in [0.2, 0.25) is 0 Å². The van der Waals surface area contributed by atoms with Crippen LogP contribution in [0, 0.1) is 53.3 Å². The van der Waals surface area contributed by atoms with Crippen LogP contribution in [-0.4, -0.2) is 7.28 Å². The normalized spacial score (nSPS) is 33.6. The Bertz CT molecular complexity index is 3890. The molecule has 9 aromatic rings. The van der Waals surface area contributed by atoms with E-state index in [0.29, 0.717) is 22.2 Å². The van der Waals surface area contributed by atoms with Gasteiger partial charge in [0.25, 0.3) is 0 Å². The Kier molecular flexibility index (Phi) is 6.90. The van der Waals surface area contributed by atoms with Gasteiger partial charge >= 0.3 is 0 Å². The molecule has 0 saturated heterocycles. The molecule has 3 heteroatoms. The maximum atomic E-state index is 4.06. The molecule has 8 fully saturated rings. The first-order chi connectivity index (χ1) is 34.9. The van der Waals surface area contributed by atoms with Gasteiger partial charge in [-0.2, -0.15) is 0 Å². The zero-order chi connectivity index (χ0) is 45.9. The number of benzene rings is 8. The van der Waals surface area contributed by atoms with E-state index in [1.807, 2.05) is 11.3 Å². The maximum Gasteiger partial charge on any atom is 0.193 e. The summed E-state index contributed by atoms with van der Waals surface area (Å²) >= 11 is 1.94. The first kappa shape index (κ1) is 38.7. The monoisotopic (exact) mass is 929 g/mol. The van der Waals surface area contributed by atoms with Crippen LogP contribution in [0.4, 0.5) is 11.4 Å². The van der Waals surface area contributed by atoms with E-state index < -0.39 is 0 Å². The molecule has 1 aromatic heterocycles. The maximum absolute atomic E-state index is 4.06. The van der Waals surface area contributed by atoms with Crippen LogP contribution in [-0.2, 0) is 17.3 Å². The number of aryl methyl sites for hydroxylation is 1. The van der Waals surface area contributed by atoms with Gasteiger partial charge in [-0.1, -0.05) is 126 Å². The lowest BCUT2D eigenvalue weighted by molar-refractivity contribution is -0.395. The Morgan fingerprint density at radius 3 is 2.04 bits per heavy atom. The predicted octanol–water partition coefficient (Wildman–Crippen LogP) is 15.4. The number of fused-ring (bicyclic) bond motifs is 9. The third-order valence-corrected chi connectivity index (χ3v) is 24.4. The number of nitrogens with one attached hydrogen (secondary N) is 1. The van der Waals surface area contributed by atoms with Crippen LogP contribution in [0.1, 0.15) is 97.1 Å². The van der Waals surface area contributed by atoms with Crippen LogP contribution in [0.2, 0.25) is 0 Å². The highest BCUT2D eigenvalue weighted by atomic mass is 32.1. The highest BCUT2D eigenvalue weighted by Crippen LogP contribution is 2.92. The lowest BCUT2D eigenvalue weighted by atomic mass is 9.12. The van der Waals surface area contributed by atoms with Crippen LogP contribution in [0.3, 0.4) is 0 Å². The molecule has 0 radical (unpaired) electrons. The molecule has 1 N–H and O–H groups in total. The number of hydrogen-bond donors (Lipinski definition) is 1. The minimum Gasteiger partial charge on any atom is -0.355 e. The van der Waals surface area contributed by atoms with Crippen molar-refractivity contribution in [3.8, 4) is 33.4 Å². The van der Waals surface area contributed by atoms with Gasteiger partial charge in [-0.05, 0) is 226 Å². The summed E-state index contributed by atoms with van der Waals surface area (Å²) in [5.41, 5.74) is 25.8. The first-order valence-electron chi connectivity index (χ1n) is 27.6. The van der Waals surface area contributed by atoms with E-state index in [2.05, 4.69) is 158 Å². The van der Waals surface area contributed by atoms with Gasteiger partial charge < -0.3 is 5.32 Å². The molecule has 9 aliphatic carbocycles. The van der Waals surface area contributed by atoms with Gasteiger partial charge in [-0.25, -0.2) is 0 Å². The van der Waals surface area contributed by atoms with Gasteiger partial charge in [-0.15, -0.1) is 11.3 Å². The minimum absolute atomic E-state index is 0.357. The molecule has 8 saturated carbocycles. The molecule has 5 unspecified atom stereocenters. The zero-order valence-electron chi connectivity index (χ0n) is 40.6. The highest BCUT2D eigenvalue weighted by molar-refractivity contribution is 7.26. The molecule has 10 aliphatic rings. The van der Waals surface area contributed by atoms with Crippen LogP contribution >= 0.6 is 11.3 Å². The fourth-order valence-electron chi connectivity index (χ4n) is 20.7. The molecule has 0 amide bonds. The summed E-state index contributed by atoms with van der Waals surface area (Å²) in [7, 11) is 1.00. The summed E-state index contributed by atoms with van der Waals surface area (Å²) in [5.74, 6) is 6.41. The summed E-state index contributed by atoms with van der Waals surface area (Å²) in [4.78, 5) is 0. The molecular weight excluding hydrogens is 874 g/mol. The van der Waals surface area contributed by atoms with E-state index in [-0.39, 0.29) is 0 Å². The van der Waals surface area contributed by atoms with Gasteiger partial charge in [0.15, 0.2) is 7.28 Å². The molecule has 342 valence electrons. The Hall–Kier alpha value is -5.90. The average molecular weight is 930 g/mol. The first-order valence-corrected chi connectivity index (χ1v) is 28.4. The lowest BCUT2D eigenvalue weighted by Crippen LogP contribution is -2.87. The van der Waals surface area contributed by atoms with Crippen LogP contribution in [0.15, 0.2) is 146 Å². The second-order valence-electron chi connectivity index (χ2n) is 25.6. The number of thiophene rings is 1. The molecule has 2 bridgehead atoms. The second-order valence-corrected chi connectivity index (χ2v) is 26.7. The van der Waals surface area contributed by atoms with E-state index in [1.165, 1.54) is 122 Å². The van der Waals surface area contributed by atoms with E-state index in [0.717, 1.165) is 60.3 Å². The Labute approximate surface area is 421 Å². The summed E-state index contributed by atoms with van der Waals surface area (Å²) in [5, 5.41) is 9.41. The fraction of sp³-hybridized carbons (Fsp3) is 0.324. The largest absolute Gasteiger partial charge is 0.355 e. The van der Waals surface area contributed by atoms with Crippen molar-refractivity contribution in [2.75, 3.05) is 5.32 Å². The van der Waals surface area contributed by atoms with Gasteiger partial charge in [0.05, 0.1) is 0 Å². The van der Waals surface area contributed by atoms with Gasteiger partial charge in [-0.3, -0.25) is 0 Å². The Balaban J connectivity index is 0.797. The van der Waals surface area contributed by atoms with Crippen molar-refractivity contribution >= 4 is 71.9 Å². The van der Waals surface area contributed by atoms with Crippen LogP contribution in [0.25, 0.3) is 64.3 Å². The summed E-state index contributed by atoms with van der Waals surface area (Å²) in [6.45, 7) is 2.37. The van der Waals surface area contributed by atoms with E-state index in [4.69, 9.17) is 0 Å². The Morgan fingerprint density at radius 1 is 0.563 bits per heavy atom. The molecule has 71 heavy (non-hydrogen) atoms. The molecule has 1 aliphatic heterocycles. The minimum atomic E-state index is 0.357. The van der Waals surface area contributed by atoms with Crippen molar-refractivity contribution in [1.29, 1.82) is 0 Å². The van der Waals surface area contributed by atoms with Gasteiger partial charge in [0.1, 0.15) is 0 Å². The van der Waals surface area contributed by atoms with Crippen molar-refractivity contribution in [2.24, 2.45) is 46.3 Å². The van der Waals surface area contributed by atoms with Crippen molar-refractivity contribution in [2.45, 2.75) is 87.9 Å². The SMILES string of the molecule is Cc1cc(-c2cc3c(cc2Nc2ccc(-c4ccccc4)cc2)sc2cc4ccccc4cc23)c2c(c1)C1Cc3ccc(C45CC6CC7CC(C4)C76C5)cc3-c3cc(C45CC6CC7CC(C4)C765)cc(c31)B2. The summed E-state index contributed by atoms with van der Waals surface area (Å²) in [6.07, 6.45) is 14.5. The fourth-order valence-corrected chi connectivity index (χ4v) is 21.8. The van der Waals surface area contributed by atoms with E-state index >= 15 is 0 Å². The van der Waals surface area contributed by atoms with E-state index in [1.54, 1.807) is 49.9 Å². The molecule has 8 aromatic carbocycles. The molecule has 1 nitrogen and oxygen atoms in total. The summed E-state index contributed by atoms with van der Waals surface area (Å²) < 4.78 is 2.70. The van der Waals surface area contributed by atoms with Crippen LogP contribution < -0.4 is 16.2 Å². The second kappa shape index (κ2) is 12.6. The van der Waals surface area contributed by atoms with Crippen molar-refractivity contribution in [1.82, 2.24) is 0 Å².